The third-order valence-corrected chi connectivity index (χ3v) is 4.77. The minimum absolute atomic E-state index is 0.0293. The van der Waals surface area contributed by atoms with Crippen LogP contribution in [0.1, 0.15) is 31.9 Å². The Morgan fingerprint density at radius 2 is 1.21 bits per heavy atom. The van der Waals surface area contributed by atoms with Gasteiger partial charge in [0.15, 0.2) is 0 Å². The van der Waals surface area contributed by atoms with Crippen LogP contribution in [0.25, 0.3) is 0 Å². The Kier molecular flexibility index (Phi) is 4.41. The van der Waals surface area contributed by atoms with E-state index in [0.717, 1.165) is 0 Å². The molecule has 1 heterocycles. The Morgan fingerprint density at radius 1 is 0.792 bits per heavy atom. The van der Waals surface area contributed by atoms with Crippen LogP contribution in [0.5, 0.6) is 0 Å². The van der Waals surface area contributed by atoms with Gasteiger partial charge < -0.3 is 14.4 Å². The van der Waals surface area contributed by atoms with Crippen LogP contribution < -0.4 is 4.90 Å². The van der Waals surface area contributed by atoms with Gasteiger partial charge in [0.1, 0.15) is 0 Å². The van der Waals surface area contributed by atoms with Crippen LogP contribution in [0.2, 0.25) is 0 Å². The molecule has 0 unspecified atom stereocenters. The van der Waals surface area contributed by atoms with E-state index >= 15 is 0 Å². The van der Waals surface area contributed by atoms with Crippen LogP contribution in [-0.2, 0) is 14.9 Å². The number of anilines is 2. The molecule has 128 valence electrons. The average molecular weight is 325 g/mol. The molecule has 2 aromatic rings. The molecule has 2 aromatic carbocycles. The van der Waals surface area contributed by atoms with E-state index in [1.54, 1.807) is 14.2 Å². The van der Waals surface area contributed by atoms with Crippen molar-refractivity contribution in [2.45, 2.75) is 31.7 Å². The molecule has 3 rings (SSSR count). The number of ether oxygens (including phenoxy) is 2. The summed E-state index contributed by atoms with van der Waals surface area (Å²) in [5.41, 5.74) is 4.68. The van der Waals surface area contributed by atoms with Gasteiger partial charge in [-0.15, -0.1) is 0 Å². The Labute approximate surface area is 145 Å². The highest BCUT2D eigenvalue weighted by molar-refractivity contribution is 5.79. The summed E-state index contributed by atoms with van der Waals surface area (Å²) < 4.78 is 11.3. The molecule has 0 N–H and O–H groups in total. The summed E-state index contributed by atoms with van der Waals surface area (Å²) in [6, 6.07) is 17.3. The van der Waals surface area contributed by atoms with E-state index < -0.39 is 0 Å². The third-order valence-electron chi connectivity index (χ3n) is 4.77. The van der Waals surface area contributed by atoms with Crippen molar-refractivity contribution in [2.24, 2.45) is 0 Å². The van der Waals surface area contributed by atoms with Crippen molar-refractivity contribution in [3.63, 3.8) is 0 Å². The number of hydrogen-bond donors (Lipinski definition) is 0. The maximum absolute atomic E-state index is 5.67. The molecule has 0 bridgehead atoms. The fraction of sp³-hybridized carbons (Fsp3) is 0.429. The van der Waals surface area contributed by atoms with Gasteiger partial charge in [0.25, 0.3) is 0 Å². The van der Waals surface area contributed by atoms with Gasteiger partial charge in [-0.1, -0.05) is 36.4 Å². The third kappa shape index (κ3) is 2.52. The summed E-state index contributed by atoms with van der Waals surface area (Å²) in [4.78, 5) is 2.43. The molecule has 0 aliphatic carbocycles. The van der Waals surface area contributed by atoms with E-state index in [9.17, 15) is 0 Å². The standard InChI is InChI=1S/C21H27NO2/c1-20(2,3)22-18-12-8-6-10-16(18)21(14-23-4,15-24-5)17-11-7-9-13-19(17)22/h6-13H,14-15H2,1-5H3. The van der Waals surface area contributed by atoms with Crippen LogP contribution in [0.3, 0.4) is 0 Å². The molecule has 3 heteroatoms. The first-order valence-corrected chi connectivity index (χ1v) is 8.43. The maximum Gasteiger partial charge on any atom is 0.0709 e. The first-order valence-electron chi connectivity index (χ1n) is 8.43. The molecule has 0 aromatic heterocycles. The Morgan fingerprint density at radius 3 is 1.58 bits per heavy atom. The van der Waals surface area contributed by atoms with Crippen molar-refractivity contribution in [3.05, 3.63) is 59.7 Å². The number of methoxy groups -OCH3 is 2. The van der Waals surface area contributed by atoms with Gasteiger partial charge in [0, 0.05) is 31.1 Å². The van der Waals surface area contributed by atoms with Crippen molar-refractivity contribution >= 4 is 11.4 Å². The molecule has 0 atom stereocenters. The maximum atomic E-state index is 5.67. The van der Waals surface area contributed by atoms with Gasteiger partial charge in [-0.25, -0.2) is 0 Å². The number of fused-ring (bicyclic) bond motifs is 2. The molecule has 1 aliphatic heterocycles. The van der Waals surface area contributed by atoms with E-state index in [4.69, 9.17) is 9.47 Å². The van der Waals surface area contributed by atoms with Crippen molar-refractivity contribution < 1.29 is 9.47 Å². The number of rotatable bonds is 4. The lowest BCUT2D eigenvalue weighted by molar-refractivity contribution is 0.0787. The van der Waals surface area contributed by atoms with Crippen LogP contribution in [0.15, 0.2) is 48.5 Å². The van der Waals surface area contributed by atoms with E-state index in [-0.39, 0.29) is 11.0 Å². The second-order valence-electron chi connectivity index (χ2n) is 7.49. The highest BCUT2D eigenvalue weighted by Crippen LogP contribution is 2.51. The zero-order valence-corrected chi connectivity index (χ0v) is 15.3. The number of benzene rings is 2. The smallest absolute Gasteiger partial charge is 0.0709 e. The summed E-state index contributed by atoms with van der Waals surface area (Å²) in [6.07, 6.45) is 0. The van der Waals surface area contributed by atoms with Gasteiger partial charge in [0.05, 0.1) is 18.6 Å². The molecule has 0 fully saturated rings. The van der Waals surface area contributed by atoms with Crippen molar-refractivity contribution in [2.75, 3.05) is 32.3 Å². The Balaban J connectivity index is 2.35. The minimum Gasteiger partial charge on any atom is -0.383 e. The van der Waals surface area contributed by atoms with Crippen molar-refractivity contribution in [1.29, 1.82) is 0 Å². The van der Waals surface area contributed by atoms with Crippen LogP contribution in [0, 0.1) is 0 Å². The van der Waals surface area contributed by atoms with E-state index in [0.29, 0.717) is 13.2 Å². The molecule has 0 radical (unpaired) electrons. The highest BCUT2D eigenvalue weighted by atomic mass is 16.5. The van der Waals surface area contributed by atoms with Gasteiger partial charge in [-0.05, 0) is 44.0 Å². The molecule has 0 saturated carbocycles. The molecule has 0 spiro atoms. The summed E-state index contributed by atoms with van der Waals surface area (Å²) >= 11 is 0. The van der Waals surface area contributed by atoms with Gasteiger partial charge in [-0.3, -0.25) is 0 Å². The monoisotopic (exact) mass is 325 g/mol. The normalized spacial score (nSPS) is 15.8. The van der Waals surface area contributed by atoms with Crippen LogP contribution >= 0.6 is 0 Å². The lowest BCUT2D eigenvalue weighted by atomic mass is 9.70. The SMILES string of the molecule is COCC1(COC)c2ccccc2N(C(C)(C)C)c2ccccc21. The van der Waals surface area contributed by atoms with Crippen molar-refractivity contribution in [3.8, 4) is 0 Å². The van der Waals surface area contributed by atoms with E-state index in [1.807, 2.05) is 0 Å². The summed E-state index contributed by atoms with van der Waals surface area (Å²) in [5.74, 6) is 0. The van der Waals surface area contributed by atoms with Gasteiger partial charge >= 0.3 is 0 Å². The average Bonchev–Trinajstić information content (AvgIpc) is 2.54. The fourth-order valence-electron chi connectivity index (χ4n) is 3.99. The molecular weight excluding hydrogens is 298 g/mol. The van der Waals surface area contributed by atoms with E-state index in [2.05, 4.69) is 74.2 Å². The highest BCUT2D eigenvalue weighted by Gasteiger charge is 2.45. The first-order chi connectivity index (χ1) is 11.5. The second-order valence-corrected chi connectivity index (χ2v) is 7.49. The number of para-hydroxylation sites is 2. The molecule has 0 saturated heterocycles. The first kappa shape index (κ1) is 17.0. The van der Waals surface area contributed by atoms with E-state index in [1.165, 1.54) is 22.5 Å². The lowest BCUT2D eigenvalue weighted by Gasteiger charge is -2.49. The summed E-state index contributed by atoms with van der Waals surface area (Å²) in [7, 11) is 3.53. The zero-order valence-electron chi connectivity index (χ0n) is 15.3. The molecule has 3 nitrogen and oxygen atoms in total. The van der Waals surface area contributed by atoms with Gasteiger partial charge in [-0.2, -0.15) is 0 Å². The Bertz CT molecular complexity index is 662. The van der Waals surface area contributed by atoms with Crippen LogP contribution in [-0.4, -0.2) is 33.0 Å². The van der Waals surface area contributed by atoms with Crippen molar-refractivity contribution in [1.82, 2.24) is 0 Å². The second kappa shape index (κ2) is 6.23. The number of hydrogen-bond acceptors (Lipinski definition) is 3. The largest absolute Gasteiger partial charge is 0.383 e. The number of nitrogens with zero attached hydrogens (tertiary/aromatic N) is 1. The quantitative estimate of drug-likeness (QED) is 0.825. The predicted octanol–water partition coefficient (Wildman–Crippen LogP) is 4.52. The molecule has 1 aliphatic rings. The minimum atomic E-state index is -0.293. The summed E-state index contributed by atoms with van der Waals surface area (Å²) in [5, 5.41) is 0. The predicted molar refractivity (Wildman–Crippen MR) is 99.3 cm³/mol. The Hall–Kier alpha value is -1.84. The fourth-order valence-corrected chi connectivity index (χ4v) is 3.99. The molecular formula is C21H27NO2. The molecule has 24 heavy (non-hydrogen) atoms. The topological polar surface area (TPSA) is 21.7 Å². The molecule has 0 amide bonds. The van der Waals surface area contributed by atoms with Gasteiger partial charge in [0.2, 0.25) is 0 Å². The summed E-state index contributed by atoms with van der Waals surface area (Å²) in [6.45, 7) is 7.93. The zero-order chi connectivity index (χ0) is 17.4. The lowest BCUT2D eigenvalue weighted by Crippen LogP contribution is -2.48. The van der Waals surface area contributed by atoms with Crippen LogP contribution in [0.4, 0.5) is 11.4 Å².